The first kappa shape index (κ1) is 44.8. The average molecular weight is 254 g/mol. The van der Waals surface area contributed by atoms with Crippen molar-refractivity contribution in [2.45, 2.75) is 26.1 Å². The molecule has 2 N–H and O–H groups in total. The van der Waals surface area contributed by atoms with E-state index in [1.807, 2.05) is 0 Å². The number of ether oxygens (including phenoxy) is 1. The molecule has 0 heterocycles. The summed E-state index contributed by atoms with van der Waals surface area (Å²) in [7, 11) is 0. The third-order valence-corrected chi connectivity index (χ3v) is 0.879. The van der Waals surface area contributed by atoms with Gasteiger partial charge in [-0.2, -0.15) is 0 Å². The molecular formula is C11H29O3Sc-5. The van der Waals surface area contributed by atoms with E-state index in [0.717, 1.165) is 0 Å². The Labute approximate surface area is 117 Å². The van der Waals surface area contributed by atoms with Gasteiger partial charge in [-0.05, 0) is 13.8 Å². The van der Waals surface area contributed by atoms with Crippen LogP contribution in [0.3, 0.4) is 0 Å². The van der Waals surface area contributed by atoms with Crippen LogP contribution in [0.2, 0.25) is 0 Å². The Bertz CT molecular complexity index is 70.9. The van der Waals surface area contributed by atoms with Crippen molar-refractivity contribution >= 4 is 0 Å². The standard InChI is InChI=1S/C6H14O3.5CH3.Sc/c1-5(8)4-9-6(2)3-7;;;;;;/h5-8H,3-4H2,1-2H3;5*1H3;/q;5*-1;. The molecule has 1 radical (unpaired) electrons. The molecule has 4 heteroatoms. The van der Waals surface area contributed by atoms with Crippen LogP contribution in [-0.4, -0.2) is 35.6 Å². The van der Waals surface area contributed by atoms with E-state index in [1.165, 1.54) is 0 Å². The Morgan fingerprint density at radius 3 is 1.53 bits per heavy atom. The minimum Gasteiger partial charge on any atom is -0.394 e. The molecule has 0 saturated heterocycles. The normalized spacial score (nSPS) is 10.4. The molecule has 0 aliphatic heterocycles. The largest absolute Gasteiger partial charge is 0.394 e. The van der Waals surface area contributed by atoms with Crippen LogP contribution in [0.4, 0.5) is 0 Å². The van der Waals surface area contributed by atoms with E-state index < -0.39 is 6.10 Å². The number of hydrogen-bond donors (Lipinski definition) is 2. The molecule has 0 aliphatic rings. The van der Waals surface area contributed by atoms with Gasteiger partial charge in [-0.15, -0.1) is 0 Å². The fraction of sp³-hybridized carbons (Fsp3) is 0.545. The van der Waals surface area contributed by atoms with E-state index in [9.17, 15) is 0 Å². The molecule has 0 rings (SSSR count). The van der Waals surface area contributed by atoms with E-state index in [2.05, 4.69) is 0 Å². The van der Waals surface area contributed by atoms with E-state index in [-0.39, 0.29) is 75.7 Å². The van der Waals surface area contributed by atoms with Crippen LogP contribution in [0, 0.1) is 37.1 Å². The Morgan fingerprint density at radius 2 is 1.33 bits per heavy atom. The molecule has 0 fully saturated rings. The molecule has 0 spiro atoms. The van der Waals surface area contributed by atoms with Gasteiger partial charge in [0, 0.05) is 25.8 Å². The second-order valence-electron chi connectivity index (χ2n) is 2.18. The Morgan fingerprint density at radius 1 is 1.00 bits per heavy atom. The summed E-state index contributed by atoms with van der Waals surface area (Å²) in [6, 6.07) is 0. The van der Waals surface area contributed by atoms with Gasteiger partial charge in [-0.1, -0.05) is 0 Å². The first-order chi connectivity index (χ1) is 4.16. The number of rotatable bonds is 4. The van der Waals surface area contributed by atoms with Crippen LogP contribution < -0.4 is 0 Å². The third kappa shape index (κ3) is 39.9. The van der Waals surface area contributed by atoms with Crippen molar-refractivity contribution in [2.24, 2.45) is 0 Å². The number of aliphatic hydroxyl groups excluding tert-OH is 2. The van der Waals surface area contributed by atoms with Crippen LogP contribution in [0.25, 0.3) is 0 Å². The van der Waals surface area contributed by atoms with Gasteiger partial charge in [0.05, 0.1) is 25.4 Å². The Balaban J connectivity index is -0.0000000213. The zero-order valence-corrected chi connectivity index (χ0v) is 13.3. The molecular weight excluding hydrogens is 225 g/mol. The zero-order valence-electron chi connectivity index (χ0n) is 11.4. The van der Waals surface area contributed by atoms with Crippen LogP contribution in [0.15, 0.2) is 0 Å². The number of hydrogen-bond acceptors (Lipinski definition) is 3. The van der Waals surface area contributed by atoms with E-state index >= 15 is 0 Å². The van der Waals surface area contributed by atoms with E-state index in [0.29, 0.717) is 6.61 Å². The Kier molecular flexibility index (Phi) is 87.5. The molecule has 15 heavy (non-hydrogen) atoms. The average Bonchev–Trinajstić information content (AvgIpc) is 1.83. The topological polar surface area (TPSA) is 49.7 Å². The summed E-state index contributed by atoms with van der Waals surface area (Å²) < 4.78 is 4.95. The van der Waals surface area contributed by atoms with Crippen molar-refractivity contribution in [1.82, 2.24) is 0 Å². The molecule has 0 aromatic heterocycles. The van der Waals surface area contributed by atoms with Gasteiger partial charge in [0.15, 0.2) is 0 Å². The predicted octanol–water partition coefficient (Wildman–Crippen LogP) is 2.01. The van der Waals surface area contributed by atoms with Crippen molar-refractivity contribution in [2.75, 3.05) is 13.2 Å². The van der Waals surface area contributed by atoms with Gasteiger partial charge in [0.25, 0.3) is 0 Å². The van der Waals surface area contributed by atoms with Gasteiger partial charge >= 0.3 is 0 Å². The minimum atomic E-state index is -0.445. The molecule has 99 valence electrons. The van der Waals surface area contributed by atoms with Crippen molar-refractivity contribution in [1.29, 1.82) is 0 Å². The summed E-state index contributed by atoms with van der Waals surface area (Å²) in [6.07, 6.45) is -0.612. The maximum absolute atomic E-state index is 8.69. The zero-order chi connectivity index (χ0) is 7.28. The molecule has 0 saturated carbocycles. The van der Waals surface area contributed by atoms with Gasteiger partial charge < -0.3 is 52.1 Å². The first-order valence-corrected chi connectivity index (χ1v) is 3.07. The first-order valence-electron chi connectivity index (χ1n) is 3.07. The summed E-state index contributed by atoms with van der Waals surface area (Å²) in [5.74, 6) is 0. The summed E-state index contributed by atoms with van der Waals surface area (Å²) in [5, 5.41) is 17.1. The number of aliphatic hydroxyl groups is 2. The smallest absolute Gasteiger partial charge is 0.0779 e. The van der Waals surface area contributed by atoms with Crippen molar-refractivity contribution < 1.29 is 40.8 Å². The molecule has 0 aromatic rings. The predicted molar refractivity (Wildman–Crippen MR) is 66.3 cm³/mol. The molecule has 3 nitrogen and oxygen atoms in total. The van der Waals surface area contributed by atoms with Crippen LogP contribution >= 0.6 is 0 Å². The van der Waals surface area contributed by atoms with E-state index in [4.69, 9.17) is 14.9 Å². The van der Waals surface area contributed by atoms with Gasteiger partial charge in [-0.3, -0.25) is 0 Å². The maximum atomic E-state index is 8.69. The van der Waals surface area contributed by atoms with Crippen molar-refractivity contribution in [3.8, 4) is 0 Å². The Hall–Kier alpha value is 0.750. The van der Waals surface area contributed by atoms with Crippen LogP contribution in [-0.2, 0) is 30.6 Å². The summed E-state index contributed by atoms with van der Waals surface area (Å²) in [4.78, 5) is 0. The molecule has 0 aliphatic carbocycles. The van der Waals surface area contributed by atoms with Gasteiger partial charge in [-0.25, -0.2) is 0 Å². The van der Waals surface area contributed by atoms with Crippen LogP contribution in [0.1, 0.15) is 13.8 Å². The van der Waals surface area contributed by atoms with Gasteiger partial charge in [0.1, 0.15) is 0 Å². The molecule has 2 unspecified atom stereocenters. The second-order valence-corrected chi connectivity index (χ2v) is 2.18. The fourth-order valence-corrected chi connectivity index (χ4v) is 0.356. The van der Waals surface area contributed by atoms with E-state index in [1.54, 1.807) is 13.8 Å². The minimum absolute atomic E-state index is 0. The maximum Gasteiger partial charge on any atom is 0.0779 e. The molecule has 0 amide bonds. The SMILES string of the molecule is CC(O)COC(C)CO.[CH3-].[CH3-].[CH3-].[CH3-].[CH3-].[Sc]. The second kappa shape index (κ2) is 29.3. The molecule has 2 atom stereocenters. The third-order valence-electron chi connectivity index (χ3n) is 0.879. The summed E-state index contributed by atoms with van der Waals surface area (Å²) >= 11 is 0. The quantitative estimate of drug-likeness (QED) is 0.755. The summed E-state index contributed by atoms with van der Waals surface area (Å²) in [6.45, 7) is 3.70. The van der Waals surface area contributed by atoms with Crippen molar-refractivity contribution in [3.05, 3.63) is 37.1 Å². The van der Waals surface area contributed by atoms with Gasteiger partial charge in [0.2, 0.25) is 0 Å². The molecule has 0 aromatic carbocycles. The fourth-order valence-electron chi connectivity index (χ4n) is 0.356. The monoisotopic (exact) mass is 254 g/mol. The van der Waals surface area contributed by atoms with Crippen molar-refractivity contribution in [3.63, 3.8) is 0 Å². The summed E-state index contributed by atoms with van der Waals surface area (Å²) in [5.41, 5.74) is 0. The van der Waals surface area contributed by atoms with Crippen LogP contribution in [0.5, 0.6) is 0 Å². The molecule has 0 bridgehead atoms.